The van der Waals surface area contributed by atoms with Crippen molar-refractivity contribution < 1.29 is 42.6 Å². The largest absolute Gasteiger partial charge is 0.481 e. The molecule has 58 heavy (non-hydrogen) atoms. The van der Waals surface area contributed by atoms with Crippen LogP contribution < -0.4 is 10.6 Å². The summed E-state index contributed by atoms with van der Waals surface area (Å²) in [4.78, 5) is 56.3. The zero-order valence-corrected chi connectivity index (χ0v) is 33.8. The van der Waals surface area contributed by atoms with E-state index >= 15 is 0 Å². The Hall–Kier alpha value is -5.32. The van der Waals surface area contributed by atoms with Gasteiger partial charge in [-0.1, -0.05) is 95.5 Å². The average molecular weight is 890 g/mol. The second kappa shape index (κ2) is 19.4. The maximum Gasteiger partial charge on any atom is 0.416 e. The van der Waals surface area contributed by atoms with Crippen LogP contribution in [0.4, 0.5) is 13.2 Å². The molecule has 2 heterocycles. The van der Waals surface area contributed by atoms with Crippen molar-refractivity contribution in [3.63, 3.8) is 0 Å². The summed E-state index contributed by atoms with van der Waals surface area (Å²) < 4.78 is 38.1. The van der Waals surface area contributed by atoms with E-state index in [0.717, 1.165) is 39.6 Å². The Morgan fingerprint density at radius 1 is 0.690 bits per heavy atom. The number of aromatic nitrogens is 2. The highest BCUT2D eigenvalue weighted by Gasteiger charge is 2.30. The van der Waals surface area contributed by atoms with Crippen LogP contribution in [0.5, 0.6) is 0 Å². The molecular weight excluding hydrogens is 860 g/mol. The minimum Gasteiger partial charge on any atom is -0.481 e. The van der Waals surface area contributed by atoms with Gasteiger partial charge in [-0.15, -0.1) is 22.7 Å². The van der Waals surface area contributed by atoms with Gasteiger partial charge in [0.05, 0.1) is 30.5 Å². The summed E-state index contributed by atoms with van der Waals surface area (Å²) in [6.07, 6.45) is -5.15. The predicted octanol–water partition coefficient (Wildman–Crippen LogP) is 10.8. The molecule has 2 amide bonds. The number of aliphatic carboxylic acids is 2. The molecule has 0 unspecified atom stereocenters. The molecule has 0 saturated carbocycles. The van der Waals surface area contributed by atoms with Crippen molar-refractivity contribution in [2.75, 3.05) is 0 Å². The first-order valence-corrected chi connectivity index (χ1v) is 19.8. The number of aryl methyl sites for hydroxylation is 1. The second-order valence-corrected chi connectivity index (χ2v) is 15.4. The van der Waals surface area contributed by atoms with E-state index in [1.165, 1.54) is 47.0 Å². The van der Waals surface area contributed by atoms with Crippen LogP contribution in [0.3, 0.4) is 0 Å². The number of amides is 2. The maximum absolute atomic E-state index is 12.7. The molecule has 0 bridgehead atoms. The highest BCUT2D eigenvalue weighted by atomic mass is 35.5. The molecule has 0 aliphatic rings. The molecule has 4 aromatic carbocycles. The lowest BCUT2D eigenvalue weighted by Gasteiger charge is -2.18. The third-order valence-corrected chi connectivity index (χ3v) is 11.0. The van der Waals surface area contributed by atoms with E-state index < -0.39 is 54.0 Å². The number of nitrogens with one attached hydrogen (secondary N) is 2. The highest BCUT2D eigenvalue weighted by Crippen LogP contribution is 2.33. The summed E-state index contributed by atoms with van der Waals surface area (Å²) >= 11 is 20.6. The first-order chi connectivity index (χ1) is 27.5. The Morgan fingerprint density at radius 2 is 1.21 bits per heavy atom. The van der Waals surface area contributed by atoms with Crippen LogP contribution in [-0.4, -0.2) is 43.9 Å². The van der Waals surface area contributed by atoms with Crippen molar-refractivity contribution in [3.05, 3.63) is 150 Å². The SMILES string of the molecule is Cc1ccccc1-c1nc(C(=O)N[C@@H](CC(=O)O)c2ccccc2Cl)cs1.O=C(O)C[C@H](NC(=O)c1csc(-c2ccc(C(F)(F)F)cc2)n1)c1ccc(Cl)cc1Cl. The summed E-state index contributed by atoms with van der Waals surface area (Å²) in [7, 11) is 0. The van der Waals surface area contributed by atoms with Crippen molar-refractivity contribution in [2.24, 2.45) is 0 Å². The Labute approximate surface area is 352 Å². The monoisotopic (exact) mass is 888 g/mol. The molecule has 0 spiro atoms. The van der Waals surface area contributed by atoms with Crippen molar-refractivity contribution in [1.82, 2.24) is 20.6 Å². The van der Waals surface area contributed by atoms with Crippen LogP contribution in [-0.2, 0) is 15.8 Å². The molecule has 2 aromatic heterocycles. The standard InChI is InChI=1S/C20H13Cl2F3N2O3S.C20H17ClN2O3S/c21-12-5-6-13(14(22)7-12)15(8-17(28)29)26-18(30)16-9-31-19(27-16)10-1-3-11(4-2-10)20(23,24)25;1-12-6-2-3-7-13(12)20-23-17(11-27-20)19(26)22-16(10-18(24)25)14-8-4-5-9-15(14)21/h1-7,9,15H,8H2,(H,26,30)(H,28,29);2-9,11,16H,10H2,1H3,(H,22,26)(H,24,25)/t15-;16-/m00/s1. The Balaban J connectivity index is 0.000000223. The summed E-state index contributed by atoms with van der Waals surface area (Å²) in [5, 5.41) is 28.9. The number of rotatable bonds is 12. The summed E-state index contributed by atoms with van der Waals surface area (Å²) in [6.45, 7) is 1.98. The molecule has 0 saturated heterocycles. The fourth-order valence-corrected chi connectivity index (χ4v) is 7.96. The van der Waals surface area contributed by atoms with E-state index in [1.54, 1.807) is 29.6 Å². The number of hydrogen-bond donors (Lipinski definition) is 4. The zero-order valence-electron chi connectivity index (χ0n) is 29.9. The summed E-state index contributed by atoms with van der Waals surface area (Å²) in [5.74, 6) is -3.26. The van der Waals surface area contributed by atoms with E-state index in [-0.39, 0.29) is 22.8 Å². The molecular formula is C40H30Cl3F3N4O6S2. The van der Waals surface area contributed by atoms with Gasteiger partial charge in [0.15, 0.2) is 0 Å². The molecule has 2 atom stereocenters. The fraction of sp³-hybridized carbons (Fsp3) is 0.150. The number of halogens is 6. The van der Waals surface area contributed by atoms with Crippen LogP contribution in [0.2, 0.25) is 15.1 Å². The lowest BCUT2D eigenvalue weighted by Crippen LogP contribution is -2.30. The Bertz CT molecular complexity index is 2440. The lowest BCUT2D eigenvalue weighted by molar-refractivity contribution is -0.138. The molecule has 18 heteroatoms. The number of carbonyl (C=O) groups is 4. The number of carboxylic acids is 2. The molecule has 0 fully saturated rings. The third-order valence-electron chi connectivity index (χ3n) is 8.29. The number of thiazole rings is 2. The zero-order chi connectivity index (χ0) is 42.1. The average Bonchev–Trinajstić information content (AvgIpc) is 3.86. The van der Waals surface area contributed by atoms with E-state index in [9.17, 15) is 42.6 Å². The minimum atomic E-state index is -4.45. The van der Waals surface area contributed by atoms with Gasteiger partial charge in [0, 0.05) is 37.0 Å². The number of carbonyl (C=O) groups excluding carboxylic acids is 2. The topological polar surface area (TPSA) is 159 Å². The summed E-state index contributed by atoms with van der Waals surface area (Å²) in [6, 6.07) is 21.9. The number of carboxylic acid groups (broad SMARTS) is 2. The molecule has 0 aliphatic heterocycles. The van der Waals surface area contributed by atoms with Crippen molar-refractivity contribution in [1.29, 1.82) is 0 Å². The predicted molar refractivity (Wildman–Crippen MR) is 218 cm³/mol. The molecule has 0 radical (unpaired) electrons. The van der Waals surface area contributed by atoms with Crippen LogP contribution >= 0.6 is 57.5 Å². The number of hydrogen-bond acceptors (Lipinski definition) is 8. The van der Waals surface area contributed by atoms with Crippen molar-refractivity contribution in [2.45, 2.75) is 38.0 Å². The Morgan fingerprint density at radius 3 is 1.74 bits per heavy atom. The molecule has 6 aromatic rings. The molecule has 0 aliphatic carbocycles. The van der Waals surface area contributed by atoms with Gasteiger partial charge in [0.25, 0.3) is 11.8 Å². The normalized spacial score (nSPS) is 12.1. The number of alkyl halides is 3. The van der Waals surface area contributed by atoms with Gasteiger partial charge in [-0.25, -0.2) is 9.97 Å². The van der Waals surface area contributed by atoms with Gasteiger partial charge in [-0.05, 0) is 53.9 Å². The highest BCUT2D eigenvalue weighted by molar-refractivity contribution is 7.13. The lowest BCUT2D eigenvalue weighted by atomic mass is 10.0. The Kier molecular flexibility index (Phi) is 14.7. The van der Waals surface area contributed by atoms with Crippen LogP contribution in [0, 0.1) is 6.92 Å². The minimum absolute atomic E-state index is 0.000345. The van der Waals surface area contributed by atoms with E-state index in [1.807, 2.05) is 31.2 Å². The molecule has 10 nitrogen and oxygen atoms in total. The van der Waals surface area contributed by atoms with E-state index in [2.05, 4.69) is 20.6 Å². The fourth-order valence-electron chi connectivity index (χ4n) is 5.46. The van der Waals surface area contributed by atoms with Crippen molar-refractivity contribution in [3.8, 4) is 21.1 Å². The summed E-state index contributed by atoms with van der Waals surface area (Å²) in [5.41, 5.74) is 2.85. The second-order valence-electron chi connectivity index (χ2n) is 12.4. The first-order valence-electron chi connectivity index (χ1n) is 16.9. The van der Waals surface area contributed by atoms with Gasteiger partial charge < -0.3 is 20.8 Å². The maximum atomic E-state index is 12.7. The first kappa shape index (κ1) is 43.8. The van der Waals surface area contributed by atoms with E-state index in [4.69, 9.17) is 34.8 Å². The molecule has 4 N–H and O–H groups in total. The number of nitrogens with zero attached hydrogens (tertiary/aromatic N) is 2. The van der Waals surface area contributed by atoms with Crippen LogP contribution in [0.25, 0.3) is 21.1 Å². The quantitative estimate of drug-likeness (QED) is 0.0945. The number of benzene rings is 4. The van der Waals surface area contributed by atoms with E-state index in [0.29, 0.717) is 31.7 Å². The smallest absolute Gasteiger partial charge is 0.416 e. The van der Waals surface area contributed by atoms with Crippen molar-refractivity contribution >= 4 is 81.2 Å². The van der Waals surface area contributed by atoms with Gasteiger partial charge in [-0.2, -0.15) is 13.2 Å². The molecule has 6 rings (SSSR count). The van der Waals surface area contributed by atoms with Crippen LogP contribution in [0.15, 0.2) is 102 Å². The third kappa shape index (κ3) is 11.6. The van der Waals surface area contributed by atoms with Crippen LogP contribution in [0.1, 0.15) is 68.2 Å². The van der Waals surface area contributed by atoms with Gasteiger partial charge in [0.1, 0.15) is 21.4 Å². The van der Waals surface area contributed by atoms with Gasteiger partial charge in [-0.3, -0.25) is 19.2 Å². The van der Waals surface area contributed by atoms with Gasteiger partial charge >= 0.3 is 18.1 Å². The van der Waals surface area contributed by atoms with Gasteiger partial charge in [0.2, 0.25) is 0 Å². The molecule has 300 valence electrons.